The van der Waals surface area contributed by atoms with E-state index in [1.807, 2.05) is 18.4 Å². The van der Waals surface area contributed by atoms with Crippen molar-refractivity contribution in [3.63, 3.8) is 0 Å². The number of aryl methyl sites for hydroxylation is 1. The molecule has 0 aliphatic carbocycles. The van der Waals surface area contributed by atoms with Crippen LogP contribution in [0.1, 0.15) is 11.1 Å². The number of amides is 1. The molecule has 0 unspecified atom stereocenters. The number of benzene rings is 1. The van der Waals surface area contributed by atoms with Crippen LogP contribution in [-0.2, 0) is 16.1 Å². The number of hydrogen-bond acceptors (Lipinski definition) is 4. The maximum atomic E-state index is 10.9. The fraction of sp³-hybridized carbons (Fsp3) is 0.364. The summed E-state index contributed by atoms with van der Waals surface area (Å²) in [7, 11) is 1.57. The van der Waals surface area contributed by atoms with E-state index in [4.69, 9.17) is 26.9 Å². The van der Waals surface area contributed by atoms with E-state index in [0.29, 0.717) is 10.8 Å². The van der Waals surface area contributed by atoms with Gasteiger partial charge in [-0.05, 0) is 24.6 Å². The fourth-order valence-corrected chi connectivity index (χ4v) is 1.48. The van der Waals surface area contributed by atoms with Gasteiger partial charge in [0.15, 0.2) is 0 Å². The Morgan fingerprint density at radius 1 is 1.53 bits per heavy atom. The molecule has 5 nitrogen and oxygen atoms in total. The molecule has 0 heterocycles. The third kappa shape index (κ3) is 3.89. The van der Waals surface area contributed by atoms with E-state index in [1.54, 1.807) is 13.2 Å². The van der Waals surface area contributed by atoms with Gasteiger partial charge in [0.05, 0.1) is 13.7 Å². The van der Waals surface area contributed by atoms with Crippen molar-refractivity contribution in [3.05, 3.63) is 28.3 Å². The minimum absolute atomic E-state index is 0.106. The van der Waals surface area contributed by atoms with Crippen molar-refractivity contribution < 1.29 is 14.3 Å². The highest BCUT2D eigenvalue weighted by Crippen LogP contribution is 2.26. The summed E-state index contributed by atoms with van der Waals surface area (Å²) >= 11 is 6.00. The third-order valence-corrected chi connectivity index (χ3v) is 2.62. The van der Waals surface area contributed by atoms with Gasteiger partial charge in [-0.1, -0.05) is 11.6 Å². The number of rotatable bonds is 5. The zero-order valence-corrected chi connectivity index (χ0v) is 10.5. The quantitative estimate of drug-likeness (QED) is 0.472. The first-order chi connectivity index (χ1) is 8.08. The van der Waals surface area contributed by atoms with Crippen LogP contribution in [0.15, 0.2) is 12.1 Å². The number of nitrogens with two attached hydrogens (primary N) is 1. The molecule has 0 aromatic heterocycles. The van der Waals surface area contributed by atoms with Gasteiger partial charge in [0.1, 0.15) is 12.4 Å². The lowest BCUT2D eigenvalue weighted by Gasteiger charge is -2.11. The van der Waals surface area contributed by atoms with E-state index >= 15 is 0 Å². The topological polar surface area (TPSA) is 73.6 Å². The van der Waals surface area contributed by atoms with Gasteiger partial charge in [0, 0.05) is 10.6 Å². The fourth-order valence-electron chi connectivity index (χ4n) is 1.29. The molecule has 0 fully saturated rings. The van der Waals surface area contributed by atoms with Gasteiger partial charge in [-0.15, -0.1) is 0 Å². The van der Waals surface area contributed by atoms with Crippen LogP contribution in [-0.4, -0.2) is 19.6 Å². The van der Waals surface area contributed by atoms with Crippen LogP contribution in [0.25, 0.3) is 0 Å². The molecule has 0 radical (unpaired) electrons. The summed E-state index contributed by atoms with van der Waals surface area (Å²) < 4.78 is 10.4. The smallest absolute Gasteiger partial charge is 0.259 e. The molecule has 0 saturated heterocycles. The molecule has 0 atom stereocenters. The molecular formula is C11H15ClN2O3. The minimum atomic E-state index is -0.387. The minimum Gasteiger partial charge on any atom is -0.496 e. The van der Waals surface area contributed by atoms with Crippen LogP contribution in [0.4, 0.5) is 0 Å². The first-order valence-electron chi connectivity index (χ1n) is 4.98. The highest BCUT2D eigenvalue weighted by Gasteiger charge is 2.08. The van der Waals surface area contributed by atoms with E-state index in [2.05, 4.69) is 0 Å². The zero-order chi connectivity index (χ0) is 12.8. The molecule has 17 heavy (non-hydrogen) atoms. The lowest BCUT2D eigenvalue weighted by atomic mass is 10.1. The molecule has 0 bridgehead atoms. The number of methoxy groups -OCH3 is 1. The number of hydrazine groups is 1. The van der Waals surface area contributed by atoms with Crippen LogP contribution in [0.2, 0.25) is 5.02 Å². The van der Waals surface area contributed by atoms with Gasteiger partial charge in [-0.3, -0.25) is 10.2 Å². The zero-order valence-electron chi connectivity index (χ0n) is 9.75. The van der Waals surface area contributed by atoms with Crippen molar-refractivity contribution in [2.24, 2.45) is 5.84 Å². The van der Waals surface area contributed by atoms with Gasteiger partial charge in [-0.2, -0.15) is 0 Å². The molecule has 1 aromatic rings. The van der Waals surface area contributed by atoms with E-state index in [0.717, 1.165) is 11.1 Å². The Bertz CT molecular complexity index is 410. The van der Waals surface area contributed by atoms with Gasteiger partial charge < -0.3 is 9.47 Å². The predicted octanol–water partition coefficient (Wildman–Crippen LogP) is 1.16. The number of hydrogen-bond donors (Lipinski definition) is 2. The average molecular weight is 259 g/mol. The Labute approximate surface area is 105 Å². The second kappa shape index (κ2) is 6.44. The normalized spacial score (nSPS) is 10.1. The van der Waals surface area contributed by atoms with Crippen LogP contribution in [0.3, 0.4) is 0 Å². The molecule has 0 aliphatic heterocycles. The maximum Gasteiger partial charge on any atom is 0.259 e. The molecule has 6 heteroatoms. The van der Waals surface area contributed by atoms with E-state index in [9.17, 15) is 4.79 Å². The second-order valence-corrected chi connectivity index (χ2v) is 3.88. The standard InChI is InChI=1S/C11H15ClN2O3/c1-7-3-10(16-2)8(4-9(7)12)5-17-6-11(15)14-13/h3-4H,5-6,13H2,1-2H3,(H,14,15). The van der Waals surface area contributed by atoms with Crippen LogP contribution >= 0.6 is 11.6 Å². The molecule has 0 saturated carbocycles. The summed E-state index contributed by atoms with van der Waals surface area (Å²) in [4.78, 5) is 10.9. The summed E-state index contributed by atoms with van der Waals surface area (Å²) in [6.45, 7) is 2.01. The highest BCUT2D eigenvalue weighted by molar-refractivity contribution is 6.31. The lowest BCUT2D eigenvalue weighted by molar-refractivity contribution is -0.126. The molecular weight excluding hydrogens is 244 g/mol. The summed E-state index contributed by atoms with van der Waals surface area (Å²) in [6, 6.07) is 3.58. The van der Waals surface area contributed by atoms with Crippen molar-refractivity contribution >= 4 is 17.5 Å². The first-order valence-corrected chi connectivity index (χ1v) is 5.36. The van der Waals surface area contributed by atoms with Crippen molar-refractivity contribution in [3.8, 4) is 5.75 Å². The van der Waals surface area contributed by atoms with Crippen molar-refractivity contribution in [1.29, 1.82) is 0 Å². The predicted molar refractivity (Wildman–Crippen MR) is 64.7 cm³/mol. The highest BCUT2D eigenvalue weighted by atomic mass is 35.5. The number of carbonyl (C=O) groups excluding carboxylic acids is 1. The summed E-state index contributed by atoms with van der Waals surface area (Å²) in [5.74, 6) is 5.22. The molecule has 0 spiro atoms. The Morgan fingerprint density at radius 2 is 2.24 bits per heavy atom. The molecule has 0 aliphatic rings. The first kappa shape index (κ1) is 13.8. The largest absolute Gasteiger partial charge is 0.496 e. The van der Waals surface area contributed by atoms with Crippen LogP contribution in [0.5, 0.6) is 5.75 Å². The Morgan fingerprint density at radius 3 is 2.82 bits per heavy atom. The van der Waals surface area contributed by atoms with Crippen LogP contribution < -0.4 is 16.0 Å². The summed E-state index contributed by atoms with van der Waals surface area (Å²) in [6.07, 6.45) is 0. The Balaban J connectivity index is 2.69. The molecule has 94 valence electrons. The van der Waals surface area contributed by atoms with Gasteiger partial charge in [-0.25, -0.2) is 5.84 Å². The average Bonchev–Trinajstić information content (AvgIpc) is 2.32. The second-order valence-electron chi connectivity index (χ2n) is 3.47. The number of carbonyl (C=O) groups is 1. The number of nitrogens with one attached hydrogen (secondary N) is 1. The summed E-state index contributed by atoms with van der Waals surface area (Å²) in [5.41, 5.74) is 3.69. The maximum absolute atomic E-state index is 10.9. The monoisotopic (exact) mass is 258 g/mol. The van der Waals surface area contributed by atoms with E-state index in [-0.39, 0.29) is 19.1 Å². The Kier molecular flexibility index (Phi) is 5.21. The van der Waals surface area contributed by atoms with Crippen molar-refractivity contribution in [2.75, 3.05) is 13.7 Å². The molecule has 1 rings (SSSR count). The van der Waals surface area contributed by atoms with E-state index in [1.165, 1.54) is 0 Å². The van der Waals surface area contributed by atoms with Crippen molar-refractivity contribution in [2.45, 2.75) is 13.5 Å². The molecule has 1 amide bonds. The van der Waals surface area contributed by atoms with Gasteiger partial charge >= 0.3 is 0 Å². The van der Waals surface area contributed by atoms with Crippen LogP contribution in [0, 0.1) is 6.92 Å². The molecule has 3 N–H and O–H groups in total. The van der Waals surface area contributed by atoms with Crippen molar-refractivity contribution in [1.82, 2.24) is 5.43 Å². The Hall–Kier alpha value is -1.30. The number of ether oxygens (including phenoxy) is 2. The van der Waals surface area contributed by atoms with Gasteiger partial charge in [0.25, 0.3) is 5.91 Å². The summed E-state index contributed by atoms with van der Waals surface area (Å²) in [5, 5.41) is 0.632. The lowest BCUT2D eigenvalue weighted by Crippen LogP contribution is -2.33. The SMILES string of the molecule is COc1cc(C)c(Cl)cc1COCC(=O)NN. The third-order valence-electron chi connectivity index (χ3n) is 2.21. The molecule has 1 aromatic carbocycles. The van der Waals surface area contributed by atoms with Gasteiger partial charge in [0.2, 0.25) is 0 Å². The van der Waals surface area contributed by atoms with E-state index < -0.39 is 0 Å². The number of halogens is 1.